The van der Waals surface area contributed by atoms with Crippen LogP contribution in [-0.2, 0) is 4.79 Å². The van der Waals surface area contributed by atoms with Crippen LogP contribution in [0.3, 0.4) is 0 Å². The second-order valence-corrected chi connectivity index (χ2v) is 5.94. The van der Waals surface area contributed by atoms with Crippen LogP contribution in [-0.4, -0.2) is 41.2 Å². The standard InChI is InChI=1S/C16H18N2O3/c1-21-10-4-5-12-11(7-10)13-9-3-2-6-18(8-9)15(16(19)20)14(13)17-12/h4-5,7,9,15,17H,2-3,6,8H2,1H3,(H,19,20)/t9-,15-/m1/s1. The van der Waals surface area contributed by atoms with Crippen molar-refractivity contribution in [1.82, 2.24) is 9.88 Å². The number of carboxylic acid groups (broad SMARTS) is 1. The predicted octanol–water partition coefficient (Wildman–Crippen LogP) is 2.50. The van der Waals surface area contributed by atoms with Gasteiger partial charge >= 0.3 is 5.97 Å². The summed E-state index contributed by atoms with van der Waals surface area (Å²) in [6.07, 6.45) is 2.19. The van der Waals surface area contributed by atoms with Gasteiger partial charge in [0.25, 0.3) is 0 Å². The number of fused-ring (bicyclic) bond motifs is 6. The summed E-state index contributed by atoms with van der Waals surface area (Å²) in [5, 5.41) is 10.7. The average Bonchev–Trinajstić information content (AvgIpc) is 2.85. The van der Waals surface area contributed by atoms with E-state index >= 15 is 0 Å². The number of nitrogens with one attached hydrogen (secondary N) is 1. The van der Waals surface area contributed by atoms with Crippen LogP contribution in [0.5, 0.6) is 5.75 Å². The van der Waals surface area contributed by atoms with Gasteiger partial charge in [-0.05, 0) is 49.1 Å². The third-order valence-electron chi connectivity index (χ3n) is 4.81. The topological polar surface area (TPSA) is 65.6 Å². The van der Waals surface area contributed by atoms with Crippen LogP contribution in [0.4, 0.5) is 0 Å². The zero-order valence-corrected chi connectivity index (χ0v) is 11.9. The van der Waals surface area contributed by atoms with Crippen molar-refractivity contribution in [1.29, 1.82) is 0 Å². The molecule has 1 aromatic carbocycles. The van der Waals surface area contributed by atoms with Gasteiger partial charge in [0, 0.05) is 23.1 Å². The lowest BCUT2D eigenvalue weighted by atomic mass is 9.82. The average molecular weight is 286 g/mol. The van der Waals surface area contributed by atoms with Crippen LogP contribution in [0.1, 0.15) is 36.1 Å². The number of methoxy groups -OCH3 is 1. The first-order chi connectivity index (χ1) is 10.2. The Labute approximate surface area is 122 Å². The van der Waals surface area contributed by atoms with Gasteiger partial charge < -0.3 is 14.8 Å². The van der Waals surface area contributed by atoms with Gasteiger partial charge in [0.2, 0.25) is 0 Å². The van der Waals surface area contributed by atoms with Gasteiger partial charge in [-0.1, -0.05) is 0 Å². The molecular formula is C16H18N2O3. The van der Waals surface area contributed by atoms with E-state index in [9.17, 15) is 9.90 Å². The van der Waals surface area contributed by atoms with E-state index < -0.39 is 12.0 Å². The highest BCUT2D eigenvalue weighted by Crippen LogP contribution is 2.45. The molecule has 0 spiro atoms. The van der Waals surface area contributed by atoms with E-state index in [0.29, 0.717) is 5.92 Å². The fourth-order valence-electron chi connectivity index (χ4n) is 3.93. The van der Waals surface area contributed by atoms with Crippen molar-refractivity contribution < 1.29 is 14.6 Å². The quantitative estimate of drug-likeness (QED) is 0.890. The van der Waals surface area contributed by atoms with Crippen LogP contribution in [0.25, 0.3) is 10.9 Å². The summed E-state index contributed by atoms with van der Waals surface area (Å²) < 4.78 is 5.32. The zero-order valence-electron chi connectivity index (χ0n) is 11.9. The molecule has 2 bridgehead atoms. The largest absolute Gasteiger partial charge is 0.497 e. The molecule has 110 valence electrons. The van der Waals surface area contributed by atoms with Gasteiger partial charge in [-0.25, -0.2) is 0 Å². The summed E-state index contributed by atoms with van der Waals surface area (Å²) in [4.78, 5) is 17.2. The second-order valence-electron chi connectivity index (χ2n) is 5.94. The van der Waals surface area contributed by atoms with Gasteiger partial charge in [-0.15, -0.1) is 0 Å². The van der Waals surface area contributed by atoms with Crippen molar-refractivity contribution >= 4 is 16.9 Å². The monoisotopic (exact) mass is 286 g/mol. The number of aromatic amines is 1. The molecule has 5 heteroatoms. The molecule has 0 radical (unpaired) electrons. The van der Waals surface area contributed by atoms with Gasteiger partial charge in [0.15, 0.2) is 0 Å². The third kappa shape index (κ3) is 1.77. The summed E-state index contributed by atoms with van der Waals surface area (Å²) in [5.41, 5.74) is 3.05. The number of aromatic nitrogens is 1. The molecule has 1 saturated heterocycles. The fourth-order valence-corrected chi connectivity index (χ4v) is 3.93. The summed E-state index contributed by atoms with van der Waals surface area (Å²) in [7, 11) is 1.66. The number of aliphatic carboxylic acids is 1. The van der Waals surface area contributed by atoms with Crippen molar-refractivity contribution in [3.05, 3.63) is 29.5 Å². The first-order valence-corrected chi connectivity index (χ1v) is 7.35. The van der Waals surface area contributed by atoms with Crippen LogP contribution in [0, 0.1) is 0 Å². The van der Waals surface area contributed by atoms with Gasteiger partial charge in [0.1, 0.15) is 11.8 Å². The van der Waals surface area contributed by atoms with Crippen molar-refractivity contribution in [3.8, 4) is 5.75 Å². The van der Waals surface area contributed by atoms with Crippen molar-refractivity contribution in [2.45, 2.75) is 24.8 Å². The number of hydrogen-bond acceptors (Lipinski definition) is 3. The number of carboxylic acids is 1. The lowest BCUT2D eigenvalue weighted by Crippen LogP contribution is -2.44. The van der Waals surface area contributed by atoms with Crippen molar-refractivity contribution in [2.75, 3.05) is 20.2 Å². The minimum absolute atomic E-state index is 0.421. The van der Waals surface area contributed by atoms with Gasteiger partial charge in [0.05, 0.1) is 7.11 Å². The van der Waals surface area contributed by atoms with Crippen molar-refractivity contribution in [2.24, 2.45) is 0 Å². The van der Waals surface area contributed by atoms with Crippen LogP contribution >= 0.6 is 0 Å². The molecule has 0 saturated carbocycles. The van der Waals surface area contributed by atoms with E-state index in [1.165, 1.54) is 5.56 Å². The minimum Gasteiger partial charge on any atom is -0.497 e. The number of benzene rings is 1. The minimum atomic E-state index is -0.768. The van der Waals surface area contributed by atoms with Crippen molar-refractivity contribution in [3.63, 3.8) is 0 Å². The molecule has 5 nitrogen and oxygen atoms in total. The Morgan fingerprint density at radius 1 is 1.48 bits per heavy atom. The van der Waals surface area contributed by atoms with E-state index in [1.807, 2.05) is 18.2 Å². The number of H-pyrrole nitrogens is 1. The Bertz CT molecular complexity index is 722. The second kappa shape index (κ2) is 4.49. The predicted molar refractivity (Wildman–Crippen MR) is 78.8 cm³/mol. The van der Waals surface area contributed by atoms with Crippen LogP contribution < -0.4 is 4.74 Å². The lowest BCUT2D eigenvalue weighted by molar-refractivity contribution is -0.144. The van der Waals surface area contributed by atoms with Gasteiger partial charge in [-0.3, -0.25) is 9.69 Å². The molecule has 2 aliphatic heterocycles. The summed E-state index contributed by atoms with van der Waals surface area (Å²) >= 11 is 0. The molecule has 1 fully saturated rings. The molecule has 3 atom stereocenters. The number of carbonyl (C=O) groups is 1. The highest BCUT2D eigenvalue weighted by atomic mass is 16.5. The number of hydrogen-bond donors (Lipinski definition) is 2. The maximum Gasteiger partial charge on any atom is 0.327 e. The van der Waals surface area contributed by atoms with E-state index in [1.54, 1.807) is 7.11 Å². The molecule has 1 aromatic heterocycles. The maximum absolute atomic E-state index is 11.7. The number of nitrogens with zero attached hydrogens (tertiary/aromatic N) is 1. The highest BCUT2D eigenvalue weighted by molar-refractivity contribution is 5.90. The van der Waals surface area contributed by atoms with E-state index in [2.05, 4.69) is 9.88 Å². The van der Waals surface area contributed by atoms with E-state index in [0.717, 1.165) is 48.3 Å². The molecule has 2 aliphatic rings. The Balaban J connectivity index is 1.97. The Morgan fingerprint density at radius 3 is 3.10 bits per heavy atom. The molecule has 2 N–H and O–H groups in total. The lowest BCUT2D eigenvalue weighted by Gasteiger charge is -2.41. The first-order valence-electron chi connectivity index (χ1n) is 7.35. The molecular weight excluding hydrogens is 268 g/mol. The summed E-state index contributed by atoms with van der Waals surface area (Å²) in [5.74, 6) is 0.467. The number of rotatable bonds is 2. The third-order valence-corrected chi connectivity index (χ3v) is 4.81. The highest BCUT2D eigenvalue weighted by Gasteiger charge is 2.41. The number of ether oxygens (including phenoxy) is 1. The molecule has 0 aliphatic carbocycles. The first kappa shape index (κ1) is 12.7. The smallest absolute Gasteiger partial charge is 0.327 e. The molecule has 4 rings (SSSR count). The maximum atomic E-state index is 11.7. The molecule has 21 heavy (non-hydrogen) atoms. The van der Waals surface area contributed by atoms with Gasteiger partial charge in [-0.2, -0.15) is 0 Å². The Hall–Kier alpha value is -2.01. The van der Waals surface area contributed by atoms with E-state index in [-0.39, 0.29) is 0 Å². The molecule has 2 aromatic rings. The van der Waals surface area contributed by atoms with E-state index in [4.69, 9.17) is 4.74 Å². The Morgan fingerprint density at radius 2 is 2.33 bits per heavy atom. The molecule has 0 amide bonds. The number of piperidine rings is 1. The van der Waals surface area contributed by atoms with Crippen LogP contribution in [0.2, 0.25) is 0 Å². The Kier molecular flexibility index (Phi) is 2.72. The summed E-state index contributed by atoms with van der Waals surface area (Å²) in [6, 6.07) is 5.36. The van der Waals surface area contributed by atoms with Crippen LogP contribution in [0.15, 0.2) is 18.2 Å². The summed E-state index contributed by atoms with van der Waals surface area (Å²) in [6.45, 7) is 1.71. The molecule has 1 unspecified atom stereocenters. The molecule has 3 heterocycles. The normalized spacial score (nSPS) is 27.4. The zero-order chi connectivity index (χ0) is 14.6. The SMILES string of the molecule is COc1ccc2[nH]c3c(c2c1)[C@@H]1CCCN(C1)[C@H]3C(=O)O. The fraction of sp³-hybridized carbons (Fsp3) is 0.438.